The van der Waals surface area contributed by atoms with Crippen LogP contribution in [0.2, 0.25) is 0 Å². The summed E-state index contributed by atoms with van der Waals surface area (Å²) in [6.07, 6.45) is 12.9. The van der Waals surface area contributed by atoms with Gasteiger partial charge >= 0.3 is 0 Å². The summed E-state index contributed by atoms with van der Waals surface area (Å²) >= 11 is 1.68. The van der Waals surface area contributed by atoms with Crippen LogP contribution in [0.3, 0.4) is 0 Å². The quantitative estimate of drug-likeness (QED) is 0.521. The lowest BCUT2D eigenvalue weighted by molar-refractivity contribution is -0.121. The molecule has 0 aromatic carbocycles. The van der Waals surface area contributed by atoms with E-state index in [2.05, 4.69) is 33.3 Å². The fourth-order valence-corrected chi connectivity index (χ4v) is 3.82. The Morgan fingerprint density at radius 3 is 2.74 bits per heavy atom. The van der Waals surface area contributed by atoms with Gasteiger partial charge in [-0.2, -0.15) is 0 Å². The molecule has 0 radical (unpaired) electrons. The van der Waals surface area contributed by atoms with E-state index in [0.717, 1.165) is 49.6 Å². The maximum atomic E-state index is 11.7. The first-order valence-electron chi connectivity index (χ1n) is 9.00. The molecule has 0 atom stereocenters. The molecule has 1 saturated carbocycles. The van der Waals surface area contributed by atoms with E-state index in [1.54, 1.807) is 11.8 Å². The van der Waals surface area contributed by atoms with Crippen LogP contribution in [0.5, 0.6) is 0 Å². The van der Waals surface area contributed by atoms with E-state index < -0.39 is 0 Å². The van der Waals surface area contributed by atoms with Crippen molar-refractivity contribution in [1.82, 2.24) is 20.1 Å². The Kier molecular flexibility index (Phi) is 7.92. The molecule has 130 valence electrons. The second-order valence-corrected chi connectivity index (χ2v) is 7.10. The SMILES string of the molecule is CCCCCC(=O)NCCCc1nnc(SC)n1C1CCCC1. The highest BCUT2D eigenvalue weighted by molar-refractivity contribution is 7.98. The topological polar surface area (TPSA) is 59.8 Å². The molecule has 23 heavy (non-hydrogen) atoms. The number of aryl methyl sites for hydroxylation is 1. The summed E-state index contributed by atoms with van der Waals surface area (Å²) in [7, 11) is 0. The molecule has 0 spiro atoms. The summed E-state index contributed by atoms with van der Waals surface area (Å²) in [4.78, 5) is 11.7. The molecule has 1 amide bonds. The van der Waals surface area contributed by atoms with E-state index in [9.17, 15) is 4.79 Å². The van der Waals surface area contributed by atoms with E-state index in [0.29, 0.717) is 12.5 Å². The number of hydrogen-bond acceptors (Lipinski definition) is 4. The highest BCUT2D eigenvalue weighted by Gasteiger charge is 2.23. The van der Waals surface area contributed by atoms with Crippen molar-refractivity contribution in [2.75, 3.05) is 12.8 Å². The minimum absolute atomic E-state index is 0.181. The molecule has 0 bridgehead atoms. The number of aromatic nitrogens is 3. The van der Waals surface area contributed by atoms with Crippen LogP contribution in [0.1, 0.15) is 76.6 Å². The van der Waals surface area contributed by atoms with Crippen molar-refractivity contribution in [1.29, 1.82) is 0 Å². The summed E-state index contributed by atoms with van der Waals surface area (Å²) in [5.74, 6) is 1.27. The van der Waals surface area contributed by atoms with Crippen molar-refractivity contribution >= 4 is 17.7 Å². The maximum absolute atomic E-state index is 11.7. The Morgan fingerprint density at radius 1 is 1.26 bits per heavy atom. The van der Waals surface area contributed by atoms with Crippen LogP contribution in [0.25, 0.3) is 0 Å². The van der Waals surface area contributed by atoms with E-state index in [-0.39, 0.29) is 5.91 Å². The Balaban J connectivity index is 1.77. The zero-order chi connectivity index (χ0) is 16.5. The Hall–Kier alpha value is -1.04. The van der Waals surface area contributed by atoms with Crippen LogP contribution in [0.4, 0.5) is 0 Å². The molecular formula is C17H30N4OS. The first-order chi connectivity index (χ1) is 11.3. The van der Waals surface area contributed by atoms with E-state index in [1.165, 1.54) is 25.7 Å². The van der Waals surface area contributed by atoms with Gasteiger partial charge in [-0.25, -0.2) is 0 Å². The van der Waals surface area contributed by atoms with Crippen LogP contribution in [0, 0.1) is 0 Å². The van der Waals surface area contributed by atoms with Gasteiger partial charge in [0.1, 0.15) is 5.82 Å². The van der Waals surface area contributed by atoms with Gasteiger partial charge in [-0.05, 0) is 31.9 Å². The summed E-state index contributed by atoms with van der Waals surface area (Å²) in [5, 5.41) is 12.8. The Labute approximate surface area is 144 Å². The van der Waals surface area contributed by atoms with Gasteiger partial charge in [0.2, 0.25) is 5.91 Å². The molecule has 5 nitrogen and oxygen atoms in total. The third-order valence-corrected chi connectivity index (χ3v) is 5.16. The largest absolute Gasteiger partial charge is 0.356 e. The number of thioether (sulfide) groups is 1. The predicted molar refractivity (Wildman–Crippen MR) is 94.8 cm³/mol. The van der Waals surface area contributed by atoms with Gasteiger partial charge < -0.3 is 9.88 Å². The first kappa shape index (κ1) is 18.3. The van der Waals surface area contributed by atoms with Crippen molar-refractivity contribution in [3.63, 3.8) is 0 Å². The van der Waals surface area contributed by atoms with Gasteiger partial charge in [-0.3, -0.25) is 4.79 Å². The lowest BCUT2D eigenvalue weighted by atomic mass is 10.2. The van der Waals surface area contributed by atoms with Crippen molar-refractivity contribution in [2.24, 2.45) is 0 Å². The summed E-state index contributed by atoms with van der Waals surface area (Å²) < 4.78 is 2.35. The smallest absolute Gasteiger partial charge is 0.219 e. The Bertz CT molecular complexity index is 483. The monoisotopic (exact) mass is 338 g/mol. The summed E-state index contributed by atoms with van der Waals surface area (Å²) in [5.41, 5.74) is 0. The number of unbranched alkanes of at least 4 members (excludes halogenated alkanes) is 2. The third-order valence-electron chi connectivity index (χ3n) is 4.51. The molecule has 0 saturated heterocycles. The fourth-order valence-electron chi connectivity index (χ4n) is 3.24. The summed E-state index contributed by atoms with van der Waals surface area (Å²) in [6.45, 7) is 2.89. The summed E-state index contributed by atoms with van der Waals surface area (Å²) in [6, 6.07) is 0.575. The second-order valence-electron chi connectivity index (χ2n) is 6.32. The van der Waals surface area contributed by atoms with Crippen LogP contribution >= 0.6 is 11.8 Å². The molecule has 1 aliphatic rings. The normalized spacial score (nSPS) is 15.2. The van der Waals surface area contributed by atoms with Gasteiger partial charge in [0.05, 0.1) is 0 Å². The standard InChI is InChI=1S/C17H30N4OS/c1-3-4-5-12-16(22)18-13-8-11-15-19-20-17(23-2)21(15)14-9-6-7-10-14/h14H,3-13H2,1-2H3,(H,18,22). The minimum atomic E-state index is 0.181. The molecule has 0 unspecified atom stereocenters. The van der Waals surface area contributed by atoms with Gasteiger partial charge in [0, 0.05) is 25.4 Å². The molecular weight excluding hydrogens is 308 g/mol. The molecule has 0 aliphatic heterocycles. The first-order valence-corrected chi connectivity index (χ1v) is 10.2. The molecule has 1 fully saturated rings. The zero-order valence-corrected chi connectivity index (χ0v) is 15.3. The number of rotatable bonds is 10. The van der Waals surface area contributed by atoms with E-state index >= 15 is 0 Å². The van der Waals surface area contributed by atoms with Crippen molar-refractivity contribution in [3.8, 4) is 0 Å². The van der Waals surface area contributed by atoms with Crippen LogP contribution < -0.4 is 5.32 Å². The van der Waals surface area contributed by atoms with Crippen LogP contribution in [-0.2, 0) is 11.2 Å². The highest BCUT2D eigenvalue weighted by Crippen LogP contribution is 2.33. The average Bonchev–Trinajstić information content (AvgIpc) is 3.20. The van der Waals surface area contributed by atoms with Gasteiger partial charge in [-0.1, -0.05) is 44.4 Å². The molecule has 2 rings (SSSR count). The lowest BCUT2D eigenvalue weighted by Crippen LogP contribution is -2.24. The predicted octanol–water partition coefficient (Wildman–Crippen LogP) is 3.74. The van der Waals surface area contributed by atoms with Gasteiger partial charge in [0.15, 0.2) is 5.16 Å². The van der Waals surface area contributed by atoms with Crippen molar-refractivity contribution in [3.05, 3.63) is 5.82 Å². The van der Waals surface area contributed by atoms with Gasteiger partial charge in [-0.15, -0.1) is 10.2 Å². The Morgan fingerprint density at radius 2 is 2.04 bits per heavy atom. The zero-order valence-electron chi connectivity index (χ0n) is 14.5. The average molecular weight is 339 g/mol. The van der Waals surface area contributed by atoms with E-state index in [1.807, 2.05) is 0 Å². The van der Waals surface area contributed by atoms with Crippen molar-refractivity contribution < 1.29 is 4.79 Å². The highest BCUT2D eigenvalue weighted by atomic mass is 32.2. The number of amides is 1. The second kappa shape index (κ2) is 9.96. The number of nitrogens with zero attached hydrogens (tertiary/aromatic N) is 3. The number of carbonyl (C=O) groups excluding carboxylic acids is 1. The maximum Gasteiger partial charge on any atom is 0.219 e. The lowest BCUT2D eigenvalue weighted by Gasteiger charge is -2.16. The number of nitrogens with one attached hydrogen (secondary N) is 1. The number of carbonyl (C=O) groups is 1. The fraction of sp³-hybridized carbons (Fsp3) is 0.824. The molecule has 1 N–H and O–H groups in total. The molecule has 1 aromatic heterocycles. The van der Waals surface area contributed by atoms with Crippen LogP contribution in [0.15, 0.2) is 5.16 Å². The van der Waals surface area contributed by atoms with E-state index in [4.69, 9.17) is 0 Å². The van der Waals surface area contributed by atoms with Gasteiger partial charge in [0.25, 0.3) is 0 Å². The van der Waals surface area contributed by atoms with Crippen LogP contribution in [-0.4, -0.2) is 33.5 Å². The third kappa shape index (κ3) is 5.52. The molecule has 1 aromatic rings. The molecule has 6 heteroatoms. The molecule has 1 heterocycles. The minimum Gasteiger partial charge on any atom is -0.356 e. The number of hydrogen-bond donors (Lipinski definition) is 1. The van der Waals surface area contributed by atoms with Crippen molar-refractivity contribution in [2.45, 2.75) is 82.3 Å². The molecule has 1 aliphatic carbocycles.